The Balaban J connectivity index is 1.65. The molecule has 1 atom stereocenters. The molecule has 0 bridgehead atoms. The number of hydrogen-bond donors (Lipinski definition) is 0. The number of carbonyl (C=O) groups excluding carboxylic acids is 1. The number of morpholine rings is 1. The summed E-state index contributed by atoms with van der Waals surface area (Å²) >= 11 is 0. The highest BCUT2D eigenvalue weighted by Gasteiger charge is 2.30. The lowest BCUT2D eigenvalue weighted by molar-refractivity contribution is 0.0326. The Bertz CT molecular complexity index is 595. The van der Waals surface area contributed by atoms with Crippen molar-refractivity contribution in [2.45, 2.75) is 39.2 Å². The van der Waals surface area contributed by atoms with Crippen LogP contribution in [0.25, 0.3) is 0 Å². The van der Waals surface area contributed by atoms with Crippen LogP contribution in [0.2, 0.25) is 0 Å². The molecule has 0 spiro atoms. The molecule has 2 aliphatic rings. The molecule has 0 unspecified atom stereocenters. The van der Waals surface area contributed by atoms with Crippen molar-refractivity contribution in [3.05, 3.63) is 11.6 Å². The standard InChI is InChI=1S/C18H32N6O2/c1-4-23(5-2)18(25)24-8-6-7-15(13-24)17-20-19-16(21(17)3)14-22-9-11-26-12-10-22/h15H,4-14H2,1-3H3/t15-/m1/s1. The first-order valence-corrected chi connectivity index (χ1v) is 9.86. The zero-order valence-corrected chi connectivity index (χ0v) is 16.4. The van der Waals surface area contributed by atoms with Gasteiger partial charge in [0, 0.05) is 52.2 Å². The lowest BCUT2D eigenvalue weighted by Crippen LogP contribution is -2.47. The van der Waals surface area contributed by atoms with Crippen molar-refractivity contribution in [3.8, 4) is 0 Å². The van der Waals surface area contributed by atoms with Crippen LogP contribution in [0.5, 0.6) is 0 Å². The fraction of sp³-hybridized carbons (Fsp3) is 0.833. The van der Waals surface area contributed by atoms with E-state index in [9.17, 15) is 4.79 Å². The van der Waals surface area contributed by atoms with Crippen molar-refractivity contribution in [1.29, 1.82) is 0 Å². The van der Waals surface area contributed by atoms with Crippen LogP contribution in [0.4, 0.5) is 4.79 Å². The third-order valence-electron chi connectivity index (χ3n) is 5.56. The zero-order chi connectivity index (χ0) is 18.5. The number of likely N-dealkylation sites (tertiary alicyclic amines) is 1. The first-order chi connectivity index (χ1) is 12.6. The second-order valence-corrected chi connectivity index (χ2v) is 7.16. The predicted octanol–water partition coefficient (Wildman–Crippen LogP) is 1.29. The quantitative estimate of drug-likeness (QED) is 0.788. The number of amides is 2. The predicted molar refractivity (Wildman–Crippen MR) is 99.0 cm³/mol. The minimum atomic E-state index is 0.149. The highest BCUT2D eigenvalue weighted by molar-refractivity contribution is 5.74. The van der Waals surface area contributed by atoms with Gasteiger partial charge in [0.25, 0.3) is 0 Å². The average Bonchev–Trinajstić information content (AvgIpc) is 3.04. The van der Waals surface area contributed by atoms with Gasteiger partial charge in [-0.1, -0.05) is 0 Å². The van der Waals surface area contributed by atoms with Crippen LogP contribution >= 0.6 is 0 Å². The molecule has 0 saturated carbocycles. The van der Waals surface area contributed by atoms with Gasteiger partial charge in [-0.2, -0.15) is 0 Å². The van der Waals surface area contributed by atoms with E-state index in [0.717, 1.165) is 83.5 Å². The summed E-state index contributed by atoms with van der Waals surface area (Å²) in [6, 6.07) is 0.149. The van der Waals surface area contributed by atoms with E-state index in [0.29, 0.717) is 0 Å². The molecule has 8 heteroatoms. The van der Waals surface area contributed by atoms with E-state index in [1.807, 2.05) is 23.6 Å². The molecule has 1 aromatic heterocycles. The van der Waals surface area contributed by atoms with Gasteiger partial charge in [-0.25, -0.2) is 4.79 Å². The Kier molecular flexibility index (Phi) is 6.48. The van der Waals surface area contributed by atoms with Gasteiger partial charge < -0.3 is 19.1 Å². The monoisotopic (exact) mass is 364 g/mol. The highest BCUT2D eigenvalue weighted by atomic mass is 16.5. The largest absolute Gasteiger partial charge is 0.379 e. The van der Waals surface area contributed by atoms with Crippen molar-refractivity contribution in [1.82, 2.24) is 29.5 Å². The van der Waals surface area contributed by atoms with Gasteiger partial charge in [-0.15, -0.1) is 10.2 Å². The average molecular weight is 364 g/mol. The maximum absolute atomic E-state index is 12.7. The molecule has 2 amide bonds. The van der Waals surface area contributed by atoms with Gasteiger partial charge in [0.2, 0.25) is 0 Å². The third-order valence-corrected chi connectivity index (χ3v) is 5.56. The summed E-state index contributed by atoms with van der Waals surface area (Å²) in [5.41, 5.74) is 0. The van der Waals surface area contributed by atoms with Crippen LogP contribution in [0, 0.1) is 0 Å². The Morgan fingerprint density at radius 3 is 2.62 bits per heavy atom. The number of ether oxygens (including phenoxy) is 1. The number of urea groups is 1. The molecule has 0 N–H and O–H groups in total. The summed E-state index contributed by atoms with van der Waals surface area (Å²) in [6.07, 6.45) is 2.08. The maximum atomic E-state index is 12.7. The summed E-state index contributed by atoms with van der Waals surface area (Å²) in [7, 11) is 2.05. The van der Waals surface area contributed by atoms with E-state index in [1.165, 1.54) is 0 Å². The highest BCUT2D eigenvalue weighted by Crippen LogP contribution is 2.26. The van der Waals surface area contributed by atoms with Crippen LogP contribution in [0.15, 0.2) is 0 Å². The SMILES string of the molecule is CCN(CC)C(=O)N1CCC[C@@H](c2nnc(CN3CCOCC3)n2C)C1. The van der Waals surface area contributed by atoms with Gasteiger partial charge in [-0.3, -0.25) is 4.90 Å². The van der Waals surface area contributed by atoms with Gasteiger partial charge in [0.15, 0.2) is 0 Å². The van der Waals surface area contributed by atoms with E-state index >= 15 is 0 Å². The Morgan fingerprint density at radius 1 is 1.19 bits per heavy atom. The van der Waals surface area contributed by atoms with Gasteiger partial charge >= 0.3 is 6.03 Å². The lowest BCUT2D eigenvalue weighted by Gasteiger charge is -2.35. The summed E-state index contributed by atoms with van der Waals surface area (Å²) in [4.78, 5) is 18.9. The van der Waals surface area contributed by atoms with Gasteiger partial charge in [0.1, 0.15) is 11.6 Å². The summed E-state index contributed by atoms with van der Waals surface area (Å²) < 4.78 is 7.54. The van der Waals surface area contributed by atoms with Crippen molar-refractivity contribution < 1.29 is 9.53 Å². The van der Waals surface area contributed by atoms with Crippen LogP contribution < -0.4 is 0 Å². The minimum absolute atomic E-state index is 0.149. The molecule has 26 heavy (non-hydrogen) atoms. The third kappa shape index (κ3) is 4.17. The maximum Gasteiger partial charge on any atom is 0.320 e. The molecule has 8 nitrogen and oxygen atoms in total. The van der Waals surface area contributed by atoms with E-state index in [-0.39, 0.29) is 11.9 Å². The molecule has 2 saturated heterocycles. The normalized spacial score (nSPS) is 21.8. The van der Waals surface area contributed by atoms with Crippen LogP contribution in [0.1, 0.15) is 44.3 Å². The number of carbonyl (C=O) groups is 1. The number of aromatic nitrogens is 3. The Hall–Kier alpha value is -1.67. The van der Waals surface area contributed by atoms with Gasteiger partial charge in [0.05, 0.1) is 19.8 Å². The molecular weight excluding hydrogens is 332 g/mol. The fourth-order valence-electron chi connectivity index (χ4n) is 3.88. The molecule has 3 rings (SSSR count). The number of piperidine rings is 1. The summed E-state index contributed by atoms with van der Waals surface area (Å²) in [5.74, 6) is 2.26. The van der Waals surface area contributed by atoms with Crippen molar-refractivity contribution in [3.63, 3.8) is 0 Å². The minimum Gasteiger partial charge on any atom is -0.379 e. The number of rotatable bonds is 5. The molecule has 0 radical (unpaired) electrons. The smallest absolute Gasteiger partial charge is 0.320 e. The molecule has 2 fully saturated rings. The van der Waals surface area contributed by atoms with E-state index in [4.69, 9.17) is 4.74 Å². The molecule has 0 aromatic carbocycles. The number of nitrogens with zero attached hydrogens (tertiary/aromatic N) is 6. The zero-order valence-electron chi connectivity index (χ0n) is 16.4. The summed E-state index contributed by atoms with van der Waals surface area (Å²) in [5, 5.41) is 8.93. The first-order valence-electron chi connectivity index (χ1n) is 9.86. The Labute approximate surface area is 156 Å². The molecule has 0 aliphatic carbocycles. The van der Waals surface area contributed by atoms with Crippen molar-refractivity contribution in [2.24, 2.45) is 7.05 Å². The molecule has 2 aliphatic heterocycles. The second kappa shape index (κ2) is 8.81. The van der Waals surface area contributed by atoms with E-state index in [2.05, 4.69) is 26.7 Å². The van der Waals surface area contributed by atoms with Crippen LogP contribution in [0.3, 0.4) is 0 Å². The Morgan fingerprint density at radius 2 is 1.92 bits per heavy atom. The van der Waals surface area contributed by atoms with Gasteiger partial charge in [-0.05, 0) is 26.7 Å². The first kappa shape index (κ1) is 19.1. The van der Waals surface area contributed by atoms with Crippen LogP contribution in [-0.4, -0.2) is 88.0 Å². The molecule has 1 aromatic rings. The van der Waals surface area contributed by atoms with E-state index in [1.54, 1.807) is 0 Å². The lowest BCUT2D eigenvalue weighted by atomic mass is 9.97. The van der Waals surface area contributed by atoms with Crippen LogP contribution in [-0.2, 0) is 18.3 Å². The van der Waals surface area contributed by atoms with Crippen molar-refractivity contribution in [2.75, 3.05) is 52.5 Å². The number of hydrogen-bond acceptors (Lipinski definition) is 5. The summed E-state index contributed by atoms with van der Waals surface area (Å²) in [6.45, 7) is 11.4. The topological polar surface area (TPSA) is 66.7 Å². The fourth-order valence-corrected chi connectivity index (χ4v) is 3.88. The van der Waals surface area contributed by atoms with E-state index < -0.39 is 0 Å². The molecule has 146 valence electrons. The van der Waals surface area contributed by atoms with Crippen molar-refractivity contribution >= 4 is 6.03 Å². The second-order valence-electron chi connectivity index (χ2n) is 7.16. The molecular formula is C18H32N6O2. The molecule has 3 heterocycles.